The Hall–Kier alpha value is -6.29. The van der Waals surface area contributed by atoms with Crippen molar-refractivity contribution in [2.24, 2.45) is 5.92 Å². The molecule has 2 heterocycles. The SMILES string of the molecule is CCCCC(=O)C(Cc1ccc2oc(-c3ccccc3-c3nnn(C(c4ccccc4)(c4ccccc4)c4ccccc4)n3)c(Br)c2c1)C(=O)COCc1ccccc1. The summed E-state index contributed by atoms with van der Waals surface area (Å²) >= 11 is 3.86. The largest absolute Gasteiger partial charge is 0.455 e. The van der Waals surface area contributed by atoms with Crippen LogP contribution in [0.5, 0.6) is 0 Å². The van der Waals surface area contributed by atoms with E-state index >= 15 is 0 Å². The van der Waals surface area contributed by atoms with Crippen LogP contribution in [0.15, 0.2) is 173 Å². The van der Waals surface area contributed by atoms with Gasteiger partial charge in [-0.1, -0.05) is 165 Å². The van der Waals surface area contributed by atoms with Crippen LogP contribution in [0, 0.1) is 5.92 Å². The summed E-state index contributed by atoms with van der Waals surface area (Å²) in [5.41, 5.74) is 6.04. The van der Waals surface area contributed by atoms with Crippen molar-refractivity contribution in [3.8, 4) is 22.7 Å². The zero-order chi connectivity index (χ0) is 40.6. The Morgan fingerprint density at radius 3 is 1.90 bits per heavy atom. The van der Waals surface area contributed by atoms with E-state index in [1.165, 1.54) is 0 Å². The molecule has 0 radical (unpaired) electrons. The van der Waals surface area contributed by atoms with Crippen molar-refractivity contribution in [1.29, 1.82) is 0 Å². The number of carbonyl (C=O) groups is 2. The maximum atomic E-state index is 13.5. The first-order chi connectivity index (χ1) is 29.0. The van der Waals surface area contributed by atoms with Gasteiger partial charge in [-0.15, -0.1) is 15.0 Å². The fourth-order valence-corrected chi connectivity index (χ4v) is 8.36. The van der Waals surface area contributed by atoms with Gasteiger partial charge in [-0.3, -0.25) is 9.59 Å². The van der Waals surface area contributed by atoms with Crippen LogP contribution < -0.4 is 0 Å². The molecule has 59 heavy (non-hydrogen) atoms. The molecular weight excluding hydrogens is 800 g/mol. The number of hydrogen-bond acceptors (Lipinski definition) is 7. The predicted octanol–water partition coefficient (Wildman–Crippen LogP) is 11.1. The number of halogens is 1. The predicted molar refractivity (Wildman–Crippen MR) is 234 cm³/mol. The van der Waals surface area contributed by atoms with E-state index in [0.717, 1.165) is 61.6 Å². The van der Waals surface area contributed by atoms with Crippen LogP contribution in [0.4, 0.5) is 0 Å². The summed E-state index contributed by atoms with van der Waals surface area (Å²) in [7, 11) is 0. The number of furan rings is 1. The number of rotatable bonds is 17. The second kappa shape index (κ2) is 18.1. The molecule has 0 saturated heterocycles. The molecule has 0 aliphatic heterocycles. The van der Waals surface area contributed by atoms with Gasteiger partial charge in [0, 0.05) is 22.9 Å². The van der Waals surface area contributed by atoms with E-state index < -0.39 is 11.5 Å². The third kappa shape index (κ3) is 8.22. The summed E-state index contributed by atoms with van der Waals surface area (Å²) in [5, 5.41) is 15.5. The number of ketones is 2. The van der Waals surface area contributed by atoms with Crippen LogP contribution in [-0.4, -0.2) is 38.4 Å². The van der Waals surface area contributed by atoms with E-state index in [1.807, 2.05) is 134 Å². The summed E-state index contributed by atoms with van der Waals surface area (Å²) in [6.07, 6.45) is 2.23. The maximum Gasteiger partial charge on any atom is 0.205 e. The topological polar surface area (TPSA) is 100 Å². The minimum atomic E-state index is -0.925. The molecule has 8 nitrogen and oxygen atoms in total. The van der Waals surface area contributed by atoms with E-state index in [9.17, 15) is 9.59 Å². The van der Waals surface area contributed by atoms with E-state index in [-0.39, 0.29) is 24.6 Å². The van der Waals surface area contributed by atoms with Crippen LogP contribution >= 0.6 is 15.9 Å². The van der Waals surface area contributed by atoms with Crippen molar-refractivity contribution in [2.75, 3.05) is 6.61 Å². The first-order valence-corrected chi connectivity index (χ1v) is 20.7. The summed E-state index contributed by atoms with van der Waals surface area (Å²) < 4.78 is 13.1. The van der Waals surface area contributed by atoms with Gasteiger partial charge >= 0.3 is 0 Å². The summed E-state index contributed by atoms with van der Waals surface area (Å²) in [5.74, 6) is -0.0336. The average molecular weight is 844 g/mol. The molecule has 294 valence electrons. The second-order valence-corrected chi connectivity index (χ2v) is 15.4. The molecule has 0 aliphatic rings. The Bertz CT molecular complexity index is 2570. The highest BCUT2D eigenvalue weighted by Crippen LogP contribution is 2.43. The van der Waals surface area contributed by atoms with Gasteiger partial charge in [0.1, 0.15) is 23.7 Å². The lowest BCUT2D eigenvalue weighted by molar-refractivity contribution is -0.135. The molecule has 8 rings (SSSR count). The van der Waals surface area contributed by atoms with Crippen LogP contribution in [0.25, 0.3) is 33.7 Å². The number of aromatic nitrogens is 4. The molecule has 0 aliphatic carbocycles. The van der Waals surface area contributed by atoms with E-state index in [1.54, 1.807) is 4.80 Å². The van der Waals surface area contributed by atoms with E-state index in [0.29, 0.717) is 30.2 Å². The highest BCUT2D eigenvalue weighted by Gasteiger charge is 2.41. The van der Waals surface area contributed by atoms with Crippen molar-refractivity contribution in [2.45, 2.75) is 44.8 Å². The molecule has 0 fully saturated rings. The number of ether oxygens (including phenoxy) is 1. The monoisotopic (exact) mass is 842 g/mol. The van der Waals surface area contributed by atoms with Crippen LogP contribution in [0.1, 0.15) is 54.0 Å². The molecule has 0 amide bonds. The minimum absolute atomic E-state index is 0.0579. The number of Topliss-reactive ketones (excluding diaryl/α,β-unsaturated/α-hetero) is 2. The standard InChI is InChI=1S/C50H43BrN4O4/c1-2-3-28-44(56)42(45(57)34-58-33-35-18-8-4-9-19-35)31-36-29-30-46-43(32-36)47(51)48(59-46)40-26-16-17-27-41(40)49-52-54-55(53-49)50(37-20-10-5-11-21-37,38-22-12-6-13-23-38)39-24-14-7-15-25-39/h4-27,29-30,32,42H,2-3,28,31,33-34H2,1H3. The fourth-order valence-electron chi connectivity index (χ4n) is 7.75. The highest BCUT2D eigenvalue weighted by atomic mass is 79.9. The average Bonchev–Trinajstić information content (AvgIpc) is 3.91. The summed E-state index contributed by atoms with van der Waals surface area (Å²) in [6, 6.07) is 54.1. The number of tetrazole rings is 1. The second-order valence-electron chi connectivity index (χ2n) is 14.6. The van der Waals surface area contributed by atoms with Gasteiger partial charge in [0.2, 0.25) is 5.82 Å². The van der Waals surface area contributed by atoms with Crippen LogP contribution in [0.2, 0.25) is 0 Å². The molecule has 0 saturated carbocycles. The lowest BCUT2D eigenvalue weighted by Crippen LogP contribution is -2.39. The quantitative estimate of drug-likeness (QED) is 0.0665. The van der Waals surface area contributed by atoms with Crippen molar-refractivity contribution >= 4 is 38.5 Å². The van der Waals surface area contributed by atoms with Crippen LogP contribution in [-0.2, 0) is 32.9 Å². The smallest absolute Gasteiger partial charge is 0.205 e. The molecule has 1 atom stereocenters. The number of fused-ring (bicyclic) bond motifs is 1. The Balaban J connectivity index is 1.13. The van der Waals surface area contributed by atoms with Gasteiger partial charge in [-0.2, -0.15) is 0 Å². The third-order valence-electron chi connectivity index (χ3n) is 10.7. The van der Waals surface area contributed by atoms with Gasteiger partial charge in [-0.25, -0.2) is 0 Å². The van der Waals surface area contributed by atoms with Gasteiger partial charge in [0.25, 0.3) is 0 Å². The van der Waals surface area contributed by atoms with Gasteiger partial charge in [-0.05, 0) is 73.9 Å². The lowest BCUT2D eigenvalue weighted by Gasteiger charge is -2.34. The molecular formula is C50H43BrN4O4. The van der Waals surface area contributed by atoms with Gasteiger partial charge in [0.05, 0.1) is 17.0 Å². The number of nitrogens with zero attached hydrogens (tertiary/aromatic N) is 4. The first kappa shape index (κ1) is 39.5. The zero-order valence-electron chi connectivity index (χ0n) is 32.7. The van der Waals surface area contributed by atoms with Gasteiger partial charge in [0.15, 0.2) is 11.3 Å². The lowest BCUT2D eigenvalue weighted by atomic mass is 9.77. The highest BCUT2D eigenvalue weighted by molar-refractivity contribution is 9.10. The number of unbranched alkanes of at least 4 members (excludes halogenated alkanes) is 1. The van der Waals surface area contributed by atoms with E-state index in [4.69, 9.17) is 24.6 Å². The van der Waals surface area contributed by atoms with Crippen molar-refractivity contribution in [3.05, 3.63) is 196 Å². The molecule has 2 aromatic heterocycles. The summed E-state index contributed by atoms with van der Waals surface area (Å²) in [4.78, 5) is 28.7. The molecule has 6 aromatic carbocycles. The van der Waals surface area contributed by atoms with Crippen LogP contribution in [0.3, 0.4) is 0 Å². The number of hydrogen-bond donors (Lipinski definition) is 0. The molecule has 0 bridgehead atoms. The Morgan fingerprint density at radius 2 is 1.29 bits per heavy atom. The third-order valence-corrected chi connectivity index (χ3v) is 11.5. The number of benzene rings is 6. The Morgan fingerprint density at radius 1 is 0.712 bits per heavy atom. The molecule has 0 N–H and O–H groups in total. The minimum Gasteiger partial charge on any atom is -0.455 e. The zero-order valence-corrected chi connectivity index (χ0v) is 34.3. The fraction of sp³-hybridized carbons (Fsp3) is 0.180. The molecule has 1 unspecified atom stereocenters. The molecule has 0 spiro atoms. The van der Waals surface area contributed by atoms with Crippen molar-refractivity contribution in [1.82, 2.24) is 20.2 Å². The molecule has 8 aromatic rings. The van der Waals surface area contributed by atoms with Gasteiger partial charge < -0.3 is 9.15 Å². The van der Waals surface area contributed by atoms with Crippen molar-refractivity contribution < 1.29 is 18.7 Å². The Labute approximate surface area is 352 Å². The summed E-state index contributed by atoms with van der Waals surface area (Å²) in [6.45, 7) is 2.22. The maximum absolute atomic E-state index is 13.5. The normalized spacial score (nSPS) is 12.1. The first-order valence-electron chi connectivity index (χ1n) is 19.9. The number of carbonyl (C=O) groups excluding carboxylic acids is 2. The Kier molecular flexibility index (Phi) is 12.1. The molecule has 9 heteroatoms. The van der Waals surface area contributed by atoms with Crippen molar-refractivity contribution in [3.63, 3.8) is 0 Å². The van der Waals surface area contributed by atoms with E-state index in [2.05, 4.69) is 52.3 Å².